The fourth-order valence-electron chi connectivity index (χ4n) is 4.68. The Balaban J connectivity index is 1.41. The molecule has 2 aromatic carbocycles. The van der Waals surface area contributed by atoms with Crippen molar-refractivity contribution in [2.45, 2.75) is 44.4 Å². The maximum absolute atomic E-state index is 10.3. The Kier molecular flexibility index (Phi) is 10.2. The van der Waals surface area contributed by atoms with Gasteiger partial charge in [-0.25, -0.2) is 0 Å². The normalized spacial score (nSPS) is 15.8. The van der Waals surface area contributed by atoms with Gasteiger partial charge in [0.25, 0.3) is 0 Å². The molecule has 0 bridgehead atoms. The lowest BCUT2D eigenvalue weighted by Gasteiger charge is -2.32. The summed E-state index contributed by atoms with van der Waals surface area (Å²) in [4.78, 5) is 9.58. The molecule has 0 spiro atoms. The number of para-hydroxylation sites is 2. The van der Waals surface area contributed by atoms with Crippen LogP contribution in [0, 0.1) is 0 Å². The predicted molar refractivity (Wildman–Crippen MR) is 138 cm³/mol. The predicted octanol–water partition coefficient (Wildman–Crippen LogP) is 5.19. The molecule has 33 heavy (non-hydrogen) atoms. The van der Waals surface area contributed by atoms with E-state index in [2.05, 4.69) is 48.2 Å². The van der Waals surface area contributed by atoms with Gasteiger partial charge >= 0.3 is 0 Å². The average molecular weight is 452 g/mol. The molecular weight excluding hydrogens is 410 g/mol. The molecule has 0 radical (unpaired) electrons. The number of aromatic hydroxyl groups is 1. The van der Waals surface area contributed by atoms with Gasteiger partial charge in [-0.15, -0.1) is 0 Å². The Bertz CT molecular complexity index is 873. The molecule has 1 aliphatic rings. The van der Waals surface area contributed by atoms with Crippen molar-refractivity contribution in [1.82, 2.24) is 9.80 Å². The van der Waals surface area contributed by atoms with Gasteiger partial charge in [-0.05, 0) is 95.5 Å². The molecule has 1 N–H and O–H groups in total. The van der Waals surface area contributed by atoms with Crippen LogP contribution in [-0.4, -0.2) is 74.5 Å². The van der Waals surface area contributed by atoms with E-state index in [0.29, 0.717) is 11.7 Å². The van der Waals surface area contributed by atoms with Crippen molar-refractivity contribution in [1.29, 1.82) is 0 Å². The van der Waals surface area contributed by atoms with Crippen molar-refractivity contribution in [3.05, 3.63) is 59.7 Å². The summed E-state index contributed by atoms with van der Waals surface area (Å²) < 4.78 is 5.57. The van der Waals surface area contributed by atoms with Gasteiger partial charge in [0.05, 0.1) is 13.7 Å². The van der Waals surface area contributed by atoms with Crippen LogP contribution >= 0.6 is 0 Å². The number of hydrogen-bond acceptors (Lipinski definition) is 5. The van der Waals surface area contributed by atoms with Gasteiger partial charge < -0.3 is 19.6 Å². The van der Waals surface area contributed by atoms with Gasteiger partial charge in [-0.3, -0.25) is 4.99 Å². The summed E-state index contributed by atoms with van der Waals surface area (Å²) in [6, 6.07) is 16.1. The summed E-state index contributed by atoms with van der Waals surface area (Å²) in [5.74, 6) is 1.97. The molecule has 0 amide bonds. The van der Waals surface area contributed by atoms with Crippen LogP contribution < -0.4 is 4.74 Å². The van der Waals surface area contributed by atoms with E-state index < -0.39 is 0 Å². The van der Waals surface area contributed by atoms with Gasteiger partial charge in [0.15, 0.2) is 0 Å². The largest absolute Gasteiger partial charge is 0.507 e. The van der Waals surface area contributed by atoms with E-state index in [1.54, 1.807) is 13.2 Å². The van der Waals surface area contributed by atoms with E-state index in [1.165, 1.54) is 37.8 Å². The second-order valence-corrected chi connectivity index (χ2v) is 9.32. The number of unbranched alkanes of at least 4 members (excludes halogenated alkanes) is 2. The highest BCUT2D eigenvalue weighted by Gasteiger charge is 2.22. The fraction of sp³-hybridized carbons (Fsp3) is 0.536. The van der Waals surface area contributed by atoms with Gasteiger partial charge in [0.2, 0.25) is 0 Å². The summed E-state index contributed by atoms with van der Waals surface area (Å²) in [6.45, 7) is 5.18. The smallest absolute Gasteiger partial charge is 0.124 e. The molecule has 5 nitrogen and oxygen atoms in total. The van der Waals surface area contributed by atoms with Gasteiger partial charge in [0.1, 0.15) is 11.5 Å². The number of piperidine rings is 1. The summed E-state index contributed by atoms with van der Waals surface area (Å²) in [6.07, 6.45) is 6.83. The Morgan fingerprint density at radius 2 is 1.76 bits per heavy atom. The molecule has 0 aromatic heterocycles. The molecule has 1 heterocycles. The summed E-state index contributed by atoms with van der Waals surface area (Å²) in [5, 5.41) is 10.3. The van der Waals surface area contributed by atoms with Crippen molar-refractivity contribution in [2.24, 2.45) is 4.99 Å². The van der Waals surface area contributed by atoms with Crippen LogP contribution in [0.3, 0.4) is 0 Å². The number of phenolic OH excluding ortho intramolecular Hbond substituents is 1. The quantitative estimate of drug-likeness (QED) is 0.356. The van der Waals surface area contributed by atoms with Crippen LogP contribution in [-0.2, 0) is 0 Å². The molecule has 0 unspecified atom stereocenters. The minimum Gasteiger partial charge on any atom is -0.507 e. The van der Waals surface area contributed by atoms with Crippen molar-refractivity contribution < 1.29 is 9.84 Å². The summed E-state index contributed by atoms with van der Waals surface area (Å²) in [7, 11) is 5.90. The standard InChI is InChI=1S/C28H41N3O2/c1-30(2)22-18-29-26(25-12-6-8-14-27(25)32)13-5-4-10-19-31-20-16-23(17-21-31)24-11-7-9-15-28(24)33-3/h6-9,11-12,14-15,23,32H,4-5,10,13,16-22H2,1-3H3. The lowest BCUT2D eigenvalue weighted by molar-refractivity contribution is 0.207. The third-order valence-electron chi connectivity index (χ3n) is 6.62. The van der Waals surface area contributed by atoms with E-state index in [9.17, 15) is 5.11 Å². The highest BCUT2D eigenvalue weighted by atomic mass is 16.5. The lowest BCUT2D eigenvalue weighted by Crippen LogP contribution is -2.33. The highest BCUT2D eigenvalue weighted by molar-refractivity contribution is 6.02. The number of nitrogens with zero attached hydrogens (tertiary/aromatic N) is 3. The van der Waals surface area contributed by atoms with E-state index in [4.69, 9.17) is 9.73 Å². The van der Waals surface area contributed by atoms with Gasteiger partial charge in [-0.1, -0.05) is 36.8 Å². The second kappa shape index (κ2) is 13.4. The van der Waals surface area contributed by atoms with E-state index >= 15 is 0 Å². The van der Waals surface area contributed by atoms with E-state index in [-0.39, 0.29) is 0 Å². The molecule has 1 fully saturated rings. The molecule has 1 saturated heterocycles. The number of likely N-dealkylation sites (N-methyl/N-ethyl adjacent to an activating group) is 1. The first kappa shape index (κ1) is 25.3. The second-order valence-electron chi connectivity index (χ2n) is 9.32. The SMILES string of the molecule is COc1ccccc1C1CCN(CCCCCC(=NCCN(C)C)c2ccccc2O)CC1. The van der Waals surface area contributed by atoms with E-state index in [0.717, 1.165) is 56.0 Å². The third kappa shape index (κ3) is 7.86. The monoisotopic (exact) mass is 451 g/mol. The van der Waals surface area contributed by atoms with Gasteiger partial charge in [0, 0.05) is 17.8 Å². The van der Waals surface area contributed by atoms with Crippen LogP contribution in [0.25, 0.3) is 0 Å². The molecule has 0 aliphatic carbocycles. The highest BCUT2D eigenvalue weighted by Crippen LogP contribution is 2.34. The lowest BCUT2D eigenvalue weighted by atomic mass is 9.88. The van der Waals surface area contributed by atoms with Crippen molar-refractivity contribution >= 4 is 5.71 Å². The minimum absolute atomic E-state index is 0.332. The third-order valence-corrected chi connectivity index (χ3v) is 6.62. The van der Waals surface area contributed by atoms with Crippen molar-refractivity contribution in [2.75, 3.05) is 53.9 Å². The number of ether oxygens (including phenoxy) is 1. The molecular formula is C28H41N3O2. The zero-order valence-corrected chi connectivity index (χ0v) is 20.7. The Labute approximate surface area is 200 Å². The topological polar surface area (TPSA) is 48.3 Å². The van der Waals surface area contributed by atoms with Crippen LogP contribution in [0.4, 0.5) is 0 Å². The first-order valence-corrected chi connectivity index (χ1v) is 12.4. The zero-order chi connectivity index (χ0) is 23.5. The zero-order valence-electron chi connectivity index (χ0n) is 20.7. The molecule has 5 heteroatoms. The van der Waals surface area contributed by atoms with Crippen molar-refractivity contribution in [3.8, 4) is 11.5 Å². The van der Waals surface area contributed by atoms with Crippen LogP contribution in [0.5, 0.6) is 11.5 Å². The molecule has 0 atom stereocenters. The molecule has 2 aromatic rings. The van der Waals surface area contributed by atoms with Crippen LogP contribution in [0.1, 0.15) is 55.6 Å². The van der Waals surface area contributed by atoms with E-state index in [1.807, 2.05) is 18.2 Å². The van der Waals surface area contributed by atoms with Crippen LogP contribution in [0.2, 0.25) is 0 Å². The number of rotatable bonds is 12. The summed E-state index contributed by atoms with van der Waals surface area (Å²) >= 11 is 0. The Hall–Kier alpha value is -2.37. The maximum atomic E-state index is 10.3. The Morgan fingerprint density at radius 3 is 2.48 bits per heavy atom. The number of methoxy groups -OCH3 is 1. The summed E-state index contributed by atoms with van der Waals surface area (Å²) in [5.41, 5.74) is 3.28. The fourth-order valence-corrected chi connectivity index (χ4v) is 4.68. The first-order chi connectivity index (χ1) is 16.1. The Morgan fingerprint density at radius 1 is 1.03 bits per heavy atom. The number of likely N-dealkylation sites (tertiary alicyclic amines) is 1. The van der Waals surface area contributed by atoms with Crippen LogP contribution in [0.15, 0.2) is 53.5 Å². The molecule has 180 valence electrons. The number of aliphatic imine (C=N–C) groups is 1. The number of benzene rings is 2. The van der Waals surface area contributed by atoms with Gasteiger partial charge in [-0.2, -0.15) is 0 Å². The first-order valence-electron chi connectivity index (χ1n) is 12.4. The molecule has 3 rings (SSSR count). The van der Waals surface area contributed by atoms with Crippen molar-refractivity contribution in [3.63, 3.8) is 0 Å². The molecule has 0 saturated carbocycles. The number of phenols is 1. The maximum Gasteiger partial charge on any atom is 0.124 e. The minimum atomic E-state index is 0.332. The molecule has 1 aliphatic heterocycles. The average Bonchev–Trinajstić information content (AvgIpc) is 2.83. The number of hydrogen-bond donors (Lipinski definition) is 1.